The predicted octanol–water partition coefficient (Wildman–Crippen LogP) is 2.65. The Morgan fingerprint density at radius 3 is 2.71 bits per heavy atom. The zero-order valence-electron chi connectivity index (χ0n) is 11.5. The summed E-state index contributed by atoms with van der Waals surface area (Å²) in [5.41, 5.74) is 0. The minimum atomic E-state index is -3.88. The fourth-order valence-electron chi connectivity index (χ4n) is 1.71. The van der Waals surface area contributed by atoms with Crippen molar-refractivity contribution in [2.75, 3.05) is 6.54 Å². The molecule has 0 aliphatic carbocycles. The second-order valence-corrected chi connectivity index (χ2v) is 6.94. The molecule has 0 aliphatic heterocycles. The van der Waals surface area contributed by atoms with Gasteiger partial charge >= 0.3 is 5.97 Å². The van der Waals surface area contributed by atoms with Crippen molar-refractivity contribution in [3.05, 3.63) is 29.0 Å². The molecule has 1 aromatic rings. The van der Waals surface area contributed by atoms with Crippen LogP contribution in [0.5, 0.6) is 0 Å². The standard InChI is InChI=1S/C13H17ClFNO4S/c1-9(2-5-13(17)18)6-7-16-21(19,20)12-8-10(15)3-4-11(12)14/h3-4,8-9,16H,2,5-7H2,1H3,(H,17,18). The van der Waals surface area contributed by atoms with Crippen LogP contribution in [0, 0.1) is 11.7 Å². The van der Waals surface area contributed by atoms with Gasteiger partial charge in [0.2, 0.25) is 10.0 Å². The van der Waals surface area contributed by atoms with E-state index in [2.05, 4.69) is 4.72 Å². The number of hydrogen-bond acceptors (Lipinski definition) is 3. The van der Waals surface area contributed by atoms with Gasteiger partial charge in [-0.1, -0.05) is 18.5 Å². The lowest BCUT2D eigenvalue weighted by atomic mass is 10.0. The van der Waals surface area contributed by atoms with Gasteiger partial charge in [0, 0.05) is 13.0 Å². The topological polar surface area (TPSA) is 83.5 Å². The Morgan fingerprint density at radius 1 is 1.43 bits per heavy atom. The number of carboxylic acid groups (broad SMARTS) is 1. The molecular formula is C13H17ClFNO4S. The van der Waals surface area contributed by atoms with Crippen LogP contribution in [0.2, 0.25) is 5.02 Å². The summed E-state index contributed by atoms with van der Waals surface area (Å²) in [6.45, 7) is 1.97. The zero-order valence-corrected chi connectivity index (χ0v) is 13.0. The highest BCUT2D eigenvalue weighted by Gasteiger charge is 2.18. The average Bonchev–Trinajstić information content (AvgIpc) is 2.39. The van der Waals surface area contributed by atoms with Gasteiger partial charge in [-0.2, -0.15) is 0 Å². The molecule has 5 nitrogen and oxygen atoms in total. The Bertz CT molecular complexity index is 606. The molecular weight excluding hydrogens is 321 g/mol. The number of aliphatic carboxylic acids is 1. The Morgan fingerprint density at radius 2 is 2.10 bits per heavy atom. The van der Waals surface area contributed by atoms with Crippen molar-refractivity contribution in [2.24, 2.45) is 5.92 Å². The van der Waals surface area contributed by atoms with Crippen LogP contribution < -0.4 is 4.72 Å². The van der Waals surface area contributed by atoms with Crippen molar-refractivity contribution < 1.29 is 22.7 Å². The van der Waals surface area contributed by atoms with Gasteiger partial charge in [-0.25, -0.2) is 17.5 Å². The molecule has 1 atom stereocenters. The van der Waals surface area contributed by atoms with Crippen LogP contribution in [-0.2, 0) is 14.8 Å². The number of nitrogens with one attached hydrogen (secondary N) is 1. The van der Waals surface area contributed by atoms with E-state index in [4.69, 9.17) is 16.7 Å². The highest BCUT2D eigenvalue weighted by molar-refractivity contribution is 7.89. The van der Waals surface area contributed by atoms with E-state index in [0.29, 0.717) is 12.8 Å². The van der Waals surface area contributed by atoms with E-state index in [0.717, 1.165) is 12.1 Å². The minimum absolute atomic E-state index is 0.0453. The van der Waals surface area contributed by atoms with E-state index in [9.17, 15) is 17.6 Å². The Kier molecular flexibility index (Phi) is 6.57. The number of halogens is 2. The number of rotatable bonds is 8. The summed E-state index contributed by atoms with van der Waals surface area (Å²) >= 11 is 5.76. The number of benzene rings is 1. The summed E-state index contributed by atoms with van der Waals surface area (Å²) in [5.74, 6) is -1.50. The molecule has 21 heavy (non-hydrogen) atoms. The van der Waals surface area contributed by atoms with Gasteiger partial charge in [0.1, 0.15) is 10.7 Å². The van der Waals surface area contributed by atoms with Gasteiger partial charge in [0.05, 0.1) is 5.02 Å². The monoisotopic (exact) mass is 337 g/mol. The molecule has 0 fully saturated rings. The molecule has 0 heterocycles. The van der Waals surface area contributed by atoms with Crippen LogP contribution in [0.3, 0.4) is 0 Å². The first-order valence-corrected chi connectivity index (χ1v) is 8.25. The van der Waals surface area contributed by atoms with Gasteiger partial charge in [0.25, 0.3) is 0 Å². The Labute approximate surface area is 128 Å². The van der Waals surface area contributed by atoms with E-state index >= 15 is 0 Å². The third-order valence-corrected chi connectivity index (χ3v) is 4.91. The highest BCUT2D eigenvalue weighted by Crippen LogP contribution is 2.22. The average molecular weight is 338 g/mol. The van der Waals surface area contributed by atoms with E-state index < -0.39 is 21.8 Å². The van der Waals surface area contributed by atoms with Crippen LogP contribution in [0.25, 0.3) is 0 Å². The van der Waals surface area contributed by atoms with Crippen LogP contribution in [0.4, 0.5) is 4.39 Å². The minimum Gasteiger partial charge on any atom is -0.481 e. The first-order valence-electron chi connectivity index (χ1n) is 6.39. The van der Waals surface area contributed by atoms with Gasteiger partial charge in [-0.15, -0.1) is 0 Å². The predicted molar refractivity (Wildman–Crippen MR) is 77.2 cm³/mol. The summed E-state index contributed by atoms with van der Waals surface area (Å²) in [7, 11) is -3.88. The summed E-state index contributed by atoms with van der Waals surface area (Å²) in [6.07, 6.45) is 1.00. The zero-order chi connectivity index (χ0) is 16.0. The molecule has 0 bridgehead atoms. The maximum Gasteiger partial charge on any atom is 0.303 e. The van der Waals surface area contributed by atoms with Crippen molar-refractivity contribution in [3.8, 4) is 0 Å². The number of carboxylic acids is 1. The molecule has 0 saturated heterocycles. The molecule has 0 radical (unpaired) electrons. The summed E-state index contributed by atoms with van der Waals surface area (Å²) in [5, 5.41) is 8.51. The third kappa shape index (κ3) is 5.99. The first-order chi connectivity index (χ1) is 9.72. The number of hydrogen-bond donors (Lipinski definition) is 2. The maximum atomic E-state index is 13.1. The molecule has 0 spiro atoms. The fourth-order valence-corrected chi connectivity index (χ4v) is 3.27. The first kappa shape index (κ1) is 17.9. The smallest absolute Gasteiger partial charge is 0.303 e. The number of sulfonamides is 1. The van der Waals surface area contributed by atoms with Gasteiger partial charge in [-0.3, -0.25) is 4.79 Å². The van der Waals surface area contributed by atoms with E-state index in [1.807, 2.05) is 6.92 Å². The lowest BCUT2D eigenvalue weighted by Crippen LogP contribution is -2.26. The van der Waals surface area contributed by atoms with Gasteiger partial charge in [0.15, 0.2) is 0 Å². The van der Waals surface area contributed by atoms with E-state index in [1.54, 1.807) is 0 Å². The van der Waals surface area contributed by atoms with Crippen LogP contribution in [0.1, 0.15) is 26.2 Å². The molecule has 118 valence electrons. The molecule has 8 heteroatoms. The van der Waals surface area contributed by atoms with Crippen molar-refractivity contribution in [2.45, 2.75) is 31.1 Å². The SMILES string of the molecule is CC(CCNS(=O)(=O)c1cc(F)ccc1Cl)CCC(=O)O. The van der Waals surface area contributed by atoms with Crippen LogP contribution >= 0.6 is 11.6 Å². The molecule has 0 aromatic heterocycles. The second-order valence-electron chi connectivity index (χ2n) is 4.80. The van der Waals surface area contributed by atoms with Gasteiger partial charge < -0.3 is 5.11 Å². The van der Waals surface area contributed by atoms with Crippen LogP contribution in [-0.4, -0.2) is 26.0 Å². The Hall–Kier alpha value is -1.18. The summed E-state index contributed by atoms with van der Waals surface area (Å²) in [4.78, 5) is 10.1. The summed E-state index contributed by atoms with van der Waals surface area (Å²) < 4.78 is 39.4. The third-order valence-electron chi connectivity index (χ3n) is 2.96. The molecule has 2 N–H and O–H groups in total. The van der Waals surface area contributed by atoms with E-state index in [1.165, 1.54) is 6.07 Å². The molecule has 0 amide bonds. The fraction of sp³-hybridized carbons (Fsp3) is 0.462. The molecule has 1 rings (SSSR count). The maximum absolute atomic E-state index is 13.1. The lowest BCUT2D eigenvalue weighted by molar-refractivity contribution is -0.137. The molecule has 0 aliphatic rings. The van der Waals surface area contributed by atoms with Crippen molar-refractivity contribution in [1.82, 2.24) is 4.72 Å². The quantitative estimate of drug-likeness (QED) is 0.764. The normalized spacial score (nSPS) is 13.1. The largest absolute Gasteiger partial charge is 0.481 e. The number of carbonyl (C=O) groups is 1. The van der Waals surface area contributed by atoms with Crippen molar-refractivity contribution >= 4 is 27.6 Å². The molecule has 0 saturated carbocycles. The molecule has 1 aromatic carbocycles. The summed E-state index contributed by atoms with van der Waals surface area (Å²) in [6, 6.07) is 3.12. The van der Waals surface area contributed by atoms with Crippen LogP contribution in [0.15, 0.2) is 23.1 Å². The van der Waals surface area contributed by atoms with Crippen molar-refractivity contribution in [3.63, 3.8) is 0 Å². The van der Waals surface area contributed by atoms with Crippen molar-refractivity contribution in [1.29, 1.82) is 0 Å². The second kappa shape index (κ2) is 7.72. The highest BCUT2D eigenvalue weighted by atomic mass is 35.5. The Balaban J connectivity index is 2.57. The van der Waals surface area contributed by atoms with Gasteiger partial charge in [-0.05, 0) is 37.0 Å². The molecule has 1 unspecified atom stereocenters. The lowest BCUT2D eigenvalue weighted by Gasteiger charge is -2.12. The van der Waals surface area contributed by atoms with E-state index in [-0.39, 0.29) is 28.8 Å².